The van der Waals surface area contributed by atoms with Crippen molar-refractivity contribution in [2.45, 2.75) is 23.1 Å². The quantitative estimate of drug-likeness (QED) is 0.233. The van der Waals surface area contributed by atoms with Crippen molar-refractivity contribution in [2.75, 3.05) is 6.61 Å². The summed E-state index contributed by atoms with van der Waals surface area (Å²) in [5.41, 5.74) is 2.21. The molecule has 1 aromatic heterocycles. The number of para-hydroxylation sites is 1. The fraction of sp³-hybridized carbons (Fsp3) is 0.130. The van der Waals surface area contributed by atoms with Crippen molar-refractivity contribution in [1.29, 1.82) is 0 Å². The van der Waals surface area contributed by atoms with E-state index in [2.05, 4.69) is 0 Å². The van der Waals surface area contributed by atoms with Crippen LogP contribution >= 0.6 is 22.6 Å². The zero-order valence-electron chi connectivity index (χ0n) is 17.1. The van der Waals surface area contributed by atoms with Crippen LogP contribution in [-0.2, 0) is 30.7 Å². The molecule has 166 valence electrons. The molecule has 0 amide bonds. The van der Waals surface area contributed by atoms with Gasteiger partial charge in [0.15, 0.2) is 0 Å². The number of halogens is 1. The van der Waals surface area contributed by atoms with Gasteiger partial charge in [-0.05, 0) is 65.4 Å². The Morgan fingerprint density at radius 2 is 1.44 bits per heavy atom. The van der Waals surface area contributed by atoms with E-state index in [1.165, 1.54) is 16.1 Å². The van der Waals surface area contributed by atoms with Crippen molar-refractivity contribution in [3.8, 4) is 0 Å². The van der Waals surface area contributed by atoms with Crippen molar-refractivity contribution in [2.24, 2.45) is 0 Å². The van der Waals surface area contributed by atoms with Crippen LogP contribution in [0.25, 0.3) is 10.9 Å². The number of benzene rings is 3. The van der Waals surface area contributed by atoms with E-state index in [0.29, 0.717) is 9.22 Å². The van der Waals surface area contributed by atoms with Gasteiger partial charge in [0.1, 0.15) is 0 Å². The minimum atomic E-state index is -3.91. The molecule has 0 aliphatic carbocycles. The molecule has 0 bridgehead atoms. The molecule has 0 N–H and O–H groups in total. The number of hydrogen-bond donors (Lipinski definition) is 0. The van der Waals surface area contributed by atoms with Crippen molar-refractivity contribution in [3.05, 3.63) is 93.7 Å². The van der Waals surface area contributed by atoms with Gasteiger partial charge >= 0.3 is 0 Å². The average Bonchev–Trinajstić information content (AvgIpc) is 3.06. The molecule has 0 saturated heterocycles. The predicted octanol–water partition coefficient (Wildman–Crippen LogP) is 4.74. The van der Waals surface area contributed by atoms with Crippen LogP contribution < -0.4 is 0 Å². The van der Waals surface area contributed by atoms with Gasteiger partial charge in [-0.3, -0.25) is 4.18 Å². The van der Waals surface area contributed by atoms with Crippen molar-refractivity contribution >= 4 is 53.6 Å². The summed E-state index contributed by atoms with van der Waals surface area (Å²) in [6.45, 7) is 1.77. The van der Waals surface area contributed by atoms with E-state index in [1.807, 2.05) is 41.6 Å². The molecule has 0 fully saturated rings. The third-order valence-electron chi connectivity index (χ3n) is 5.06. The van der Waals surface area contributed by atoms with Crippen molar-refractivity contribution in [1.82, 2.24) is 3.97 Å². The Morgan fingerprint density at radius 3 is 2.12 bits per heavy atom. The summed E-state index contributed by atoms with van der Waals surface area (Å²) >= 11 is 2.00. The van der Waals surface area contributed by atoms with Crippen LogP contribution in [0, 0.1) is 10.6 Å². The average molecular weight is 581 g/mol. The van der Waals surface area contributed by atoms with Crippen LogP contribution in [-0.4, -0.2) is 27.4 Å². The first-order valence-corrected chi connectivity index (χ1v) is 13.7. The van der Waals surface area contributed by atoms with Gasteiger partial charge in [-0.1, -0.05) is 54.1 Å². The number of aryl methyl sites for hydroxylation is 1. The molecular weight excluding hydrogens is 561 g/mol. The van der Waals surface area contributed by atoms with Gasteiger partial charge in [0.2, 0.25) is 0 Å². The van der Waals surface area contributed by atoms with E-state index >= 15 is 0 Å². The summed E-state index contributed by atoms with van der Waals surface area (Å²) in [6, 6.07) is 21.8. The zero-order valence-corrected chi connectivity index (χ0v) is 20.9. The second-order valence-electron chi connectivity index (χ2n) is 7.21. The normalized spacial score (nSPS) is 12.3. The first-order chi connectivity index (χ1) is 15.2. The van der Waals surface area contributed by atoms with E-state index in [1.54, 1.807) is 54.6 Å². The van der Waals surface area contributed by atoms with E-state index < -0.39 is 20.1 Å². The molecule has 32 heavy (non-hydrogen) atoms. The molecule has 0 aliphatic heterocycles. The van der Waals surface area contributed by atoms with Gasteiger partial charge in [0, 0.05) is 11.8 Å². The summed E-state index contributed by atoms with van der Waals surface area (Å²) in [4.78, 5) is 0.273. The van der Waals surface area contributed by atoms with E-state index in [0.717, 1.165) is 16.5 Å². The highest BCUT2D eigenvalue weighted by Gasteiger charge is 2.26. The van der Waals surface area contributed by atoms with Gasteiger partial charge in [0.25, 0.3) is 20.1 Å². The van der Waals surface area contributed by atoms with Gasteiger partial charge < -0.3 is 0 Å². The molecular formula is C23H20INO5S2. The Bertz CT molecular complexity index is 1480. The maximum Gasteiger partial charge on any atom is 0.296 e. The topological polar surface area (TPSA) is 82.4 Å². The molecule has 9 heteroatoms. The standard InChI is InChI=1S/C23H20INO5S2/c1-17-11-13-19(14-12-17)32(28,29)30-16-15-21-20-9-5-6-10-22(20)25(23(21)24)31(26,27)18-7-3-2-4-8-18/h2-14H,15-16H2,1H3. The monoisotopic (exact) mass is 581 g/mol. The number of hydrogen-bond acceptors (Lipinski definition) is 5. The van der Waals surface area contributed by atoms with Gasteiger partial charge in [-0.15, -0.1) is 0 Å². The fourth-order valence-corrected chi connectivity index (χ4v) is 7.40. The second kappa shape index (κ2) is 8.97. The Balaban J connectivity index is 1.67. The van der Waals surface area contributed by atoms with Crippen molar-refractivity contribution in [3.63, 3.8) is 0 Å². The Kier molecular flexibility index (Phi) is 6.44. The number of rotatable bonds is 7. The fourth-order valence-electron chi connectivity index (χ4n) is 3.44. The van der Waals surface area contributed by atoms with Gasteiger partial charge in [-0.25, -0.2) is 12.4 Å². The van der Waals surface area contributed by atoms with Crippen LogP contribution in [0.5, 0.6) is 0 Å². The zero-order chi connectivity index (χ0) is 22.9. The molecule has 3 aromatic carbocycles. The van der Waals surface area contributed by atoms with Crippen LogP contribution in [0.2, 0.25) is 0 Å². The highest BCUT2D eigenvalue weighted by atomic mass is 127. The molecule has 6 nitrogen and oxygen atoms in total. The van der Waals surface area contributed by atoms with Crippen LogP contribution in [0.15, 0.2) is 88.7 Å². The minimum absolute atomic E-state index is 0.0897. The van der Waals surface area contributed by atoms with Crippen molar-refractivity contribution < 1.29 is 21.0 Å². The molecule has 0 atom stereocenters. The molecule has 4 rings (SSSR count). The number of aromatic nitrogens is 1. The lowest BCUT2D eigenvalue weighted by Crippen LogP contribution is -2.15. The summed E-state index contributed by atoms with van der Waals surface area (Å²) in [6.07, 6.45) is 0.237. The Hall–Kier alpha value is -2.21. The van der Waals surface area contributed by atoms with Crippen LogP contribution in [0.1, 0.15) is 11.1 Å². The Morgan fingerprint density at radius 1 is 0.812 bits per heavy atom. The molecule has 4 aromatic rings. The lowest BCUT2D eigenvalue weighted by atomic mass is 10.1. The van der Waals surface area contributed by atoms with E-state index in [-0.39, 0.29) is 22.8 Å². The van der Waals surface area contributed by atoms with Gasteiger partial charge in [0.05, 0.1) is 25.6 Å². The first-order valence-electron chi connectivity index (χ1n) is 9.76. The lowest BCUT2D eigenvalue weighted by molar-refractivity contribution is 0.322. The molecule has 0 saturated carbocycles. The predicted molar refractivity (Wildman–Crippen MR) is 132 cm³/mol. The second-order valence-corrected chi connectivity index (χ2v) is 11.6. The third-order valence-corrected chi connectivity index (χ3v) is 9.57. The van der Waals surface area contributed by atoms with E-state index in [9.17, 15) is 16.8 Å². The minimum Gasteiger partial charge on any atom is -0.266 e. The first kappa shape index (κ1) is 23.0. The summed E-state index contributed by atoms with van der Waals surface area (Å²) in [7, 11) is -7.73. The van der Waals surface area contributed by atoms with Crippen LogP contribution in [0.3, 0.4) is 0 Å². The van der Waals surface area contributed by atoms with E-state index in [4.69, 9.17) is 4.18 Å². The van der Waals surface area contributed by atoms with Crippen LogP contribution in [0.4, 0.5) is 0 Å². The highest BCUT2D eigenvalue weighted by Crippen LogP contribution is 2.32. The molecule has 0 aliphatic rings. The maximum absolute atomic E-state index is 13.4. The number of nitrogens with zero attached hydrogens (tertiary/aromatic N) is 1. The summed E-state index contributed by atoms with van der Waals surface area (Å²) in [5.74, 6) is 0. The largest absolute Gasteiger partial charge is 0.296 e. The maximum atomic E-state index is 13.4. The SMILES string of the molecule is Cc1ccc(S(=O)(=O)OCCc2c(I)n(S(=O)(=O)c3ccccc3)c3ccccc23)cc1. The number of fused-ring (bicyclic) bond motifs is 1. The Labute approximate surface area is 201 Å². The highest BCUT2D eigenvalue weighted by molar-refractivity contribution is 14.1. The lowest BCUT2D eigenvalue weighted by Gasteiger charge is -2.09. The molecule has 0 spiro atoms. The molecule has 0 radical (unpaired) electrons. The third kappa shape index (κ3) is 4.34. The summed E-state index contributed by atoms with van der Waals surface area (Å²) < 4.78 is 58.8. The smallest absolute Gasteiger partial charge is 0.266 e. The molecule has 0 unspecified atom stereocenters. The van der Waals surface area contributed by atoms with Gasteiger partial charge in [-0.2, -0.15) is 8.42 Å². The molecule has 1 heterocycles. The summed E-state index contributed by atoms with van der Waals surface area (Å²) in [5, 5.41) is 0.743.